The van der Waals surface area contributed by atoms with Crippen LogP contribution >= 0.6 is 11.8 Å². The van der Waals surface area contributed by atoms with Crippen molar-refractivity contribution in [2.75, 3.05) is 12.0 Å². The summed E-state index contributed by atoms with van der Waals surface area (Å²) in [5.74, 6) is 1.13. The van der Waals surface area contributed by atoms with Gasteiger partial charge in [-0.05, 0) is 18.4 Å². The number of hydrogen-bond donors (Lipinski definition) is 3. The standard InChI is InChI=1S/C7H14N6OS/c1-15-3-2-5(8)7(14)9-4-6-10-12-13-11-6/h5H,2-4,8H2,1H3,(H,9,14)(H,10,11,12,13)/t5-/m0/s1. The number of rotatable bonds is 6. The Labute approximate surface area is 91.6 Å². The highest BCUT2D eigenvalue weighted by Crippen LogP contribution is 1.98. The van der Waals surface area contributed by atoms with Gasteiger partial charge in [-0.25, -0.2) is 0 Å². The highest BCUT2D eigenvalue weighted by Gasteiger charge is 2.12. The van der Waals surface area contributed by atoms with E-state index >= 15 is 0 Å². The Morgan fingerprint density at radius 3 is 3.13 bits per heavy atom. The number of aromatic nitrogens is 4. The zero-order valence-electron chi connectivity index (χ0n) is 8.43. The molecule has 1 aromatic heterocycles. The first-order valence-corrected chi connectivity index (χ1v) is 5.88. The summed E-state index contributed by atoms with van der Waals surface area (Å²) in [7, 11) is 0. The third-order valence-electron chi connectivity index (χ3n) is 1.78. The summed E-state index contributed by atoms with van der Waals surface area (Å²) < 4.78 is 0. The average Bonchev–Trinajstić information content (AvgIpc) is 2.75. The molecular weight excluding hydrogens is 216 g/mol. The number of H-pyrrole nitrogens is 1. The third-order valence-corrected chi connectivity index (χ3v) is 2.42. The van der Waals surface area contributed by atoms with Crippen LogP contribution in [0.5, 0.6) is 0 Å². The lowest BCUT2D eigenvalue weighted by Gasteiger charge is -2.09. The van der Waals surface area contributed by atoms with Crippen molar-refractivity contribution in [3.05, 3.63) is 5.82 Å². The molecule has 0 fully saturated rings. The molecule has 4 N–H and O–H groups in total. The van der Waals surface area contributed by atoms with E-state index in [0.717, 1.165) is 5.75 Å². The number of carbonyl (C=O) groups is 1. The summed E-state index contributed by atoms with van der Waals surface area (Å²) >= 11 is 1.66. The van der Waals surface area contributed by atoms with Gasteiger partial charge in [0.05, 0.1) is 12.6 Å². The molecule has 0 radical (unpaired) electrons. The van der Waals surface area contributed by atoms with Crippen molar-refractivity contribution < 1.29 is 4.79 Å². The molecule has 84 valence electrons. The number of thioether (sulfide) groups is 1. The molecule has 1 amide bonds. The predicted octanol–water partition coefficient (Wildman–Crippen LogP) is -1.10. The van der Waals surface area contributed by atoms with Gasteiger partial charge in [0.25, 0.3) is 0 Å². The van der Waals surface area contributed by atoms with Crippen LogP contribution in [-0.4, -0.2) is 44.6 Å². The van der Waals surface area contributed by atoms with E-state index in [2.05, 4.69) is 25.9 Å². The molecule has 0 spiro atoms. The van der Waals surface area contributed by atoms with Crippen LogP contribution in [0.15, 0.2) is 0 Å². The zero-order chi connectivity index (χ0) is 11.1. The van der Waals surface area contributed by atoms with Crippen molar-refractivity contribution in [2.24, 2.45) is 5.73 Å². The van der Waals surface area contributed by atoms with Gasteiger partial charge in [-0.3, -0.25) is 4.79 Å². The SMILES string of the molecule is CSCC[C@H](N)C(=O)NCc1nn[nH]n1. The molecule has 0 aromatic carbocycles. The first-order chi connectivity index (χ1) is 7.24. The van der Waals surface area contributed by atoms with Gasteiger partial charge in [0.1, 0.15) is 0 Å². The molecule has 1 heterocycles. The van der Waals surface area contributed by atoms with Gasteiger partial charge in [0.2, 0.25) is 5.91 Å². The fourth-order valence-corrected chi connectivity index (χ4v) is 1.42. The molecule has 0 saturated heterocycles. The van der Waals surface area contributed by atoms with E-state index in [9.17, 15) is 4.79 Å². The number of nitrogens with two attached hydrogens (primary N) is 1. The minimum atomic E-state index is -0.468. The van der Waals surface area contributed by atoms with Crippen molar-refractivity contribution in [1.82, 2.24) is 25.9 Å². The maximum atomic E-state index is 11.4. The molecule has 0 bridgehead atoms. The summed E-state index contributed by atoms with van der Waals surface area (Å²) in [5.41, 5.74) is 5.65. The molecule has 1 rings (SSSR count). The summed E-state index contributed by atoms with van der Waals surface area (Å²) in [6, 6.07) is -0.468. The van der Waals surface area contributed by atoms with E-state index in [1.165, 1.54) is 0 Å². The van der Waals surface area contributed by atoms with Crippen molar-refractivity contribution in [3.63, 3.8) is 0 Å². The van der Waals surface area contributed by atoms with Gasteiger partial charge in [-0.2, -0.15) is 17.0 Å². The van der Waals surface area contributed by atoms with Gasteiger partial charge in [0.15, 0.2) is 5.82 Å². The lowest BCUT2D eigenvalue weighted by Crippen LogP contribution is -2.40. The fourth-order valence-electron chi connectivity index (χ4n) is 0.931. The summed E-state index contributed by atoms with van der Waals surface area (Å²) in [4.78, 5) is 11.4. The molecule has 15 heavy (non-hydrogen) atoms. The number of aromatic amines is 1. The third kappa shape index (κ3) is 4.26. The molecule has 7 nitrogen and oxygen atoms in total. The van der Waals surface area contributed by atoms with E-state index < -0.39 is 6.04 Å². The highest BCUT2D eigenvalue weighted by molar-refractivity contribution is 7.98. The Kier molecular flexibility index (Phi) is 5.05. The van der Waals surface area contributed by atoms with Crippen LogP contribution in [0.3, 0.4) is 0 Å². The molecule has 1 aromatic rings. The molecular formula is C7H14N6OS. The number of tetrazole rings is 1. The largest absolute Gasteiger partial charge is 0.347 e. The maximum absolute atomic E-state index is 11.4. The molecule has 1 atom stereocenters. The van der Waals surface area contributed by atoms with Crippen LogP contribution in [0.2, 0.25) is 0 Å². The van der Waals surface area contributed by atoms with Gasteiger partial charge >= 0.3 is 0 Å². The average molecular weight is 230 g/mol. The van der Waals surface area contributed by atoms with Crippen molar-refractivity contribution in [2.45, 2.75) is 19.0 Å². The zero-order valence-corrected chi connectivity index (χ0v) is 9.25. The Hall–Kier alpha value is -1.15. The van der Waals surface area contributed by atoms with Crippen molar-refractivity contribution >= 4 is 17.7 Å². The topological polar surface area (TPSA) is 110 Å². The number of carbonyl (C=O) groups excluding carboxylic acids is 1. The maximum Gasteiger partial charge on any atom is 0.237 e. The van der Waals surface area contributed by atoms with E-state index in [4.69, 9.17) is 5.73 Å². The molecule has 0 aliphatic heterocycles. The normalized spacial score (nSPS) is 12.4. The van der Waals surface area contributed by atoms with Crippen LogP contribution in [0, 0.1) is 0 Å². The van der Waals surface area contributed by atoms with Crippen LogP contribution in [0.25, 0.3) is 0 Å². The number of amides is 1. The van der Waals surface area contributed by atoms with Gasteiger partial charge in [-0.15, -0.1) is 10.2 Å². The number of hydrogen-bond acceptors (Lipinski definition) is 6. The summed E-state index contributed by atoms with van der Waals surface area (Å²) in [6.45, 7) is 0.252. The molecule has 8 heteroatoms. The smallest absolute Gasteiger partial charge is 0.237 e. The summed E-state index contributed by atoms with van der Waals surface area (Å²) in [6.07, 6.45) is 2.64. The van der Waals surface area contributed by atoms with E-state index in [0.29, 0.717) is 12.2 Å². The Morgan fingerprint density at radius 2 is 2.53 bits per heavy atom. The molecule has 0 saturated carbocycles. The van der Waals surface area contributed by atoms with Gasteiger partial charge < -0.3 is 11.1 Å². The Bertz CT molecular complexity index is 290. The second-order valence-corrected chi connectivity index (χ2v) is 3.92. The van der Waals surface area contributed by atoms with Crippen LogP contribution < -0.4 is 11.1 Å². The lowest BCUT2D eigenvalue weighted by molar-refractivity contribution is -0.122. The second-order valence-electron chi connectivity index (χ2n) is 2.93. The van der Waals surface area contributed by atoms with Crippen molar-refractivity contribution in [1.29, 1.82) is 0 Å². The predicted molar refractivity (Wildman–Crippen MR) is 57.0 cm³/mol. The van der Waals surface area contributed by atoms with Crippen molar-refractivity contribution in [3.8, 4) is 0 Å². The lowest BCUT2D eigenvalue weighted by atomic mass is 10.2. The first kappa shape index (κ1) is 11.9. The second kappa shape index (κ2) is 6.36. The number of nitrogens with zero attached hydrogens (tertiary/aromatic N) is 3. The van der Waals surface area contributed by atoms with Gasteiger partial charge in [0, 0.05) is 0 Å². The highest BCUT2D eigenvalue weighted by atomic mass is 32.2. The van der Waals surface area contributed by atoms with Crippen LogP contribution in [-0.2, 0) is 11.3 Å². The Morgan fingerprint density at radius 1 is 1.73 bits per heavy atom. The monoisotopic (exact) mass is 230 g/mol. The van der Waals surface area contributed by atoms with E-state index in [1.54, 1.807) is 11.8 Å². The van der Waals surface area contributed by atoms with Crippen LogP contribution in [0.4, 0.5) is 0 Å². The Balaban J connectivity index is 2.23. The van der Waals surface area contributed by atoms with Gasteiger partial charge in [-0.1, -0.05) is 5.21 Å². The molecule has 0 aliphatic carbocycles. The first-order valence-electron chi connectivity index (χ1n) is 4.48. The van der Waals surface area contributed by atoms with E-state index in [-0.39, 0.29) is 12.5 Å². The quantitative estimate of drug-likeness (QED) is 0.572. The summed E-state index contributed by atoms with van der Waals surface area (Å²) in [5, 5.41) is 15.7. The molecule has 0 aliphatic rings. The minimum Gasteiger partial charge on any atom is -0.347 e. The van der Waals surface area contributed by atoms with E-state index in [1.807, 2.05) is 6.26 Å². The minimum absolute atomic E-state index is 0.186. The fraction of sp³-hybridized carbons (Fsp3) is 0.714. The number of nitrogens with one attached hydrogen (secondary N) is 2. The molecule has 0 unspecified atom stereocenters. The van der Waals surface area contributed by atoms with Crippen LogP contribution in [0.1, 0.15) is 12.2 Å².